The van der Waals surface area contributed by atoms with Crippen LogP contribution in [0.5, 0.6) is 5.75 Å². The first-order valence-corrected chi connectivity index (χ1v) is 12.7. The van der Waals surface area contributed by atoms with Gasteiger partial charge in [0.2, 0.25) is 0 Å². The zero-order chi connectivity index (χ0) is 27.1. The fourth-order valence-electron chi connectivity index (χ4n) is 5.45. The number of nitrogens with zero attached hydrogens (tertiary/aromatic N) is 2. The second-order valence-corrected chi connectivity index (χ2v) is 10.4. The number of nitrogens with one attached hydrogen (secondary N) is 3. The molecule has 2 saturated heterocycles. The van der Waals surface area contributed by atoms with Gasteiger partial charge in [0.15, 0.2) is 5.60 Å². The van der Waals surface area contributed by atoms with Gasteiger partial charge in [0.1, 0.15) is 18.1 Å². The molecule has 2 bridgehead atoms. The van der Waals surface area contributed by atoms with Gasteiger partial charge in [-0.05, 0) is 63.8 Å². The van der Waals surface area contributed by atoms with Gasteiger partial charge in [0, 0.05) is 35.9 Å². The van der Waals surface area contributed by atoms with E-state index in [9.17, 15) is 22.8 Å². The minimum Gasteiger partial charge on any atom is -0.476 e. The van der Waals surface area contributed by atoms with E-state index in [-0.39, 0.29) is 29.6 Å². The van der Waals surface area contributed by atoms with Gasteiger partial charge < -0.3 is 25.3 Å². The summed E-state index contributed by atoms with van der Waals surface area (Å²) in [5, 5.41) is 6.04. The number of hydrogen-bond donors (Lipinski definition) is 3. The maximum absolute atomic E-state index is 13.2. The number of piperidine rings is 1. The van der Waals surface area contributed by atoms with Crippen LogP contribution < -0.4 is 20.3 Å². The highest BCUT2D eigenvalue weighted by molar-refractivity contribution is 5.94. The normalized spacial score (nSPS) is 21.4. The first-order valence-electron chi connectivity index (χ1n) is 12.7. The van der Waals surface area contributed by atoms with Gasteiger partial charge in [0.05, 0.1) is 11.1 Å². The first kappa shape index (κ1) is 25.9. The minimum atomic E-state index is -4.47. The van der Waals surface area contributed by atoms with Gasteiger partial charge in [-0.15, -0.1) is 0 Å². The van der Waals surface area contributed by atoms with E-state index in [1.807, 2.05) is 35.8 Å². The Kier molecular flexibility index (Phi) is 6.70. The van der Waals surface area contributed by atoms with E-state index < -0.39 is 24.2 Å². The van der Waals surface area contributed by atoms with Crippen molar-refractivity contribution in [3.8, 4) is 5.75 Å². The largest absolute Gasteiger partial charge is 0.476 e. The average molecular weight is 530 g/mol. The second kappa shape index (κ2) is 9.85. The number of hydrogen-bond acceptors (Lipinski definition) is 5. The number of aromatic nitrogens is 2. The van der Waals surface area contributed by atoms with Crippen molar-refractivity contribution >= 4 is 28.5 Å². The monoisotopic (exact) mass is 529 g/mol. The molecule has 2 aliphatic heterocycles. The van der Waals surface area contributed by atoms with Crippen LogP contribution in [0.4, 0.5) is 19.0 Å². The van der Waals surface area contributed by atoms with Crippen LogP contribution in [0.3, 0.4) is 0 Å². The number of amides is 2. The van der Waals surface area contributed by atoms with Crippen molar-refractivity contribution in [2.45, 2.75) is 69.4 Å². The first-order chi connectivity index (χ1) is 18.0. The highest BCUT2D eigenvalue weighted by atomic mass is 19.4. The van der Waals surface area contributed by atoms with Gasteiger partial charge in [-0.3, -0.25) is 9.59 Å². The lowest BCUT2D eigenvalue weighted by Gasteiger charge is -2.40. The number of ether oxygens (including phenoxy) is 1. The molecule has 8 nitrogen and oxygen atoms in total. The molecule has 0 saturated carbocycles. The van der Waals surface area contributed by atoms with Gasteiger partial charge in [0.25, 0.3) is 11.8 Å². The number of rotatable bonds is 7. The predicted octanol–water partition coefficient (Wildman–Crippen LogP) is 4.33. The summed E-state index contributed by atoms with van der Waals surface area (Å²) in [7, 11) is 0. The number of halogens is 3. The third-order valence-electron chi connectivity index (χ3n) is 7.25. The van der Waals surface area contributed by atoms with E-state index in [4.69, 9.17) is 4.74 Å². The number of aromatic amines is 1. The number of pyridine rings is 1. The Labute approximate surface area is 217 Å². The zero-order valence-electron chi connectivity index (χ0n) is 21.1. The van der Waals surface area contributed by atoms with Crippen molar-refractivity contribution in [3.63, 3.8) is 0 Å². The van der Waals surface area contributed by atoms with Gasteiger partial charge in [-0.25, -0.2) is 4.98 Å². The summed E-state index contributed by atoms with van der Waals surface area (Å²) in [4.78, 5) is 35.0. The highest BCUT2D eigenvalue weighted by Crippen LogP contribution is 2.39. The Morgan fingerprint density at radius 1 is 1.11 bits per heavy atom. The van der Waals surface area contributed by atoms with Crippen LogP contribution in [0.15, 0.2) is 48.8 Å². The number of fused-ring (bicyclic) bond motifs is 3. The van der Waals surface area contributed by atoms with Crippen LogP contribution >= 0.6 is 0 Å². The summed E-state index contributed by atoms with van der Waals surface area (Å²) in [6.07, 6.45) is 2.03. The molecule has 38 heavy (non-hydrogen) atoms. The predicted molar refractivity (Wildman–Crippen MR) is 136 cm³/mol. The summed E-state index contributed by atoms with van der Waals surface area (Å²) >= 11 is 0. The van der Waals surface area contributed by atoms with Crippen LogP contribution in [0.1, 0.15) is 49.9 Å². The van der Waals surface area contributed by atoms with Crippen molar-refractivity contribution < 1.29 is 27.5 Å². The third kappa shape index (κ3) is 5.41. The lowest BCUT2D eigenvalue weighted by Crippen LogP contribution is -2.55. The molecular formula is C27H30F3N5O3. The molecule has 3 atom stereocenters. The molecule has 5 rings (SSSR count). The number of carbonyl (C=O) groups excluding carboxylic acids is 2. The molecule has 1 aromatic carbocycles. The van der Waals surface area contributed by atoms with Crippen molar-refractivity contribution in [2.24, 2.45) is 0 Å². The summed E-state index contributed by atoms with van der Waals surface area (Å²) in [6.45, 7) is 2.12. The number of para-hydroxylation sites is 1. The van der Waals surface area contributed by atoms with Crippen LogP contribution in [0, 0.1) is 0 Å². The molecule has 2 fully saturated rings. The van der Waals surface area contributed by atoms with Crippen molar-refractivity contribution in [2.75, 3.05) is 11.4 Å². The quantitative estimate of drug-likeness (QED) is 0.423. The maximum atomic E-state index is 13.2. The van der Waals surface area contributed by atoms with Gasteiger partial charge in [-0.1, -0.05) is 12.1 Å². The topological polar surface area (TPSA) is 99.4 Å². The molecule has 2 amide bonds. The Balaban J connectivity index is 1.20. The molecule has 0 aliphatic carbocycles. The van der Waals surface area contributed by atoms with E-state index in [2.05, 4.69) is 20.2 Å². The van der Waals surface area contributed by atoms with Gasteiger partial charge in [-0.2, -0.15) is 13.2 Å². The fourth-order valence-corrected chi connectivity index (χ4v) is 5.45. The van der Waals surface area contributed by atoms with E-state index in [0.717, 1.165) is 36.6 Å². The van der Waals surface area contributed by atoms with Crippen LogP contribution in [-0.2, 0) is 4.79 Å². The standard InChI is InChI=1S/C27H30F3N5O3/c1-26(2,38-21-5-3-4-16-10-11-31-23(16)21)25(37)34-18-12-19-7-8-20(13-18)35(19)22-9-6-17(14-32-22)24(36)33-15-27(28,29)30/h3-6,9-11,14,18-20,31H,7-8,12-13,15H2,1-2H3,(H,33,36)(H,34,37)/t18?,19-,20+. The van der Waals surface area contributed by atoms with Crippen molar-refractivity contribution in [1.82, 2.24) is 20.6 Å². The van der Waals surface area contributed by atoms with E-state index in [1.165, 1.54) is 12.3 Å². The Hall–Kier alpha value is -3.76. The Bertz CT molecular complexity index is 1310. The Morgan fingerprint density at radius 2 is 1.84 bits per heavy atom. The molecule has 3 N–H and O–H groups in total. The molecular weight excluding hydrogens is 499 g/mol. The lowest BCUT2D eigenvalue weighted by atomic mass is 9.96. The number of alkyl halides is 3. The third-order valence-corrected chi connectivity index (χ3v) is 7.25. The van der Waals surface area contributed by atoms with E-state index in [0.29, 0.717) is 11.6 Å². The molecule has 11 heteroatoms. The van der Waals surface area contributed by atoms with Crippen molar-refractivity contribution in [1.29, 1.82) is 0 Å². The van der Waals surface area contributed by atoms with Crippen LogP contribution in [0.2, 0.25) is 0 Å². The summed E-state index contributed by atoms with van der Waals surface area (Å²) in [6, 6.07) is 11.1. The smallest absolute Gasteiger partial charge is 0.405 e. The molecule has 2 aliphatic rings. The molecule has 3 aromatic rings. The van der Waals surface area contributed by atoms with Crippen molar-refractivity contribution in [3.05, 3.63) is 54.4 Å². The highest BCUT2D eigenvalue weighted by Gasteiger charge is 2.43. The van der Waals surface area contributed by atoms with E-state index >= 15 is 0 Å². The molecule has 2 aromatic heterocycles. The minimum absolute atomic E-state index is 0.0205. The average Bonchev–Trinajstić information content (AvgIpc) is 3.45. The number of carbonyl (C=O) groups is 2. The lowest BCUT2D eigenvalue weighted by molar-refractivity contribution is -0.135. The summed E-state index contributed by atoms with van der Waals surface area (Å²) < 4.78 is 43.3. The maximum Gasteiger partial charge on any atom is 0.405 e. The second-order valence-electron chi connectivity index (χ2n) is 10.4. The molecule has 0 radical (unpaired) electrons. The SMILES string of the molecule is CC(C)(Oc1cccc2cc[nH]c12)C(=O)NC1C[C@H]2CC[C@@H](C1)N2c1ccc(C(=O)NCC(F)(F)F)cn1. The van der Waals surface area contributed by atoms with Crippen LogP contribution in [-0.4, -0.2) is 58.2 Å². The molecule has 4 heterocycles. The van der Waals surface area contributed by atoms with E-state index in [1.54, 1.807) is 19.9 Å². The fraction of sp³-hybridized carbons (Fsp3) is 0.444. The number of benzene rings is 1. The molecule has 202 valence electrons. The number of anilines is 1. The Morgan fingerprint density at radius 3 is 2.50 bits per heavy atom. The molecule has 1 unspecified atom stereocenters. The summed E-state index contributed by atoms with van der Waals surface area (Å²) in [5.41, 5.74) is -0.166. The summed E-state index contributed by atoms with van der Waals surface area (Å²) in [5.74, 6) is 0.288. The zero-order valence-corrected chi connectivity index (χ0v) is 21.1. The van der Waals surface area contributed by atoms with Gasteiger partial charge >= 0.3 is 6.18 Å². The number of H-pyrrole nitrogens is 1. The van der Waals surface area contributed by atoms with Crippen LogP contribution in [0.25, 0.3) is 10.9 Å². The molecule has 0 spiro atoms.